The van der Waals surface area contributed by atoms with Gasteiger partial charge < -0.3 is 15.2 Å². The summed E-state index contributed by atoms with van der Waals surface area (Å²) in [5.41, 5.74) is 8.90. The van der Waals surface area contributed by atoms with Crippen LogP contribution in [0.2, 0.25) is 0 Å². The second-order valence-electron chi connectivity index (χ2n) is 7.19. The molecule has 110 valence electrons. The van der Waals surface area contributed by atoms with Crippen molar-refractivity contribution in [3.8, 4) is 11.5 Å². The van der Waals surface area contributed by atoms with Crippen LogP contribution >= 0.6 is 0 Å². The van der Waals surface area contributed by atoms with E-state index < -0.39 is 0 Å². The zero-order chi connectivity index (χ0) is 14.4. The maximum absolute atomic E-state index is 6.05. The fourth-order valence-electron chi connectivity index (χ4n) is 3.23. The number of fused-ring (bicyclic) bond motifs is 1. The van der Waals surface area contributed by atoms with Crippen molar-refractivity contribution in [2.75, 3.05) is 19.8 Å². The molecule has 1 aliphatic carbocycles. The highest BCUT2D eigenvalue weighted by Crippen LogP contribution is 2.47. The zero-order valence-electron chi connectivity index (χ0n) is 12.8. The van der Waals surface area contributed by atoms with Crippen LogP contribution in [0.3, 0.4) is 0 Å². The Bertz CT molecular complexity index is 512. The van der Waals surface area contributed by atoms with Crippen LogP contribution in [0.4, 0.5) is 0 Å². The van der Waals surface area contributed by atoms with Crippen LogP contribution in [0.5, 0.6) is 11.5 Å². The number of rotatable bonds is 2. The molecule has 1 aromatic rings. The molecule has 0 aromatic heterocycles. The molecule has 0 radical (unpaired) electrons. The summed E-state index contributed by atoms with van der Waals surface area (Å²) in [5.74, 6) is 1.76. The van der Waals surface area contributed by atoms with Crippen LogP contribution < -0.4 is 15.2 Å². The lowest BCUT2D eigenvalue weighted by molar-refractivity contribution is 0.140. The van der Waals surface area contributed by atoms with Crippen molar-refractivity contribution in [2.45, 2.75) is 45.4 Å². The molecule has 1 aromatic carbocycles. The topological polar surface area (TPSA) is 44.5 Å². The number of hydrogen-bond donors (Lipinski definition) is 1. The molecule has 0 amide bonds. The molecule has 2 N–H and O–H groups in total. The first-order valence-electron chi connectivity index (χ1n) is 7.57. The SMILES string of the molecule is Cc1cc2c(cc1C1(CN)CCC1)OCC(C)(C)CO2. The zero-order valence-corrected chi connectivity index (χ0v) is 12.8. The first-order chi connectivity index (χ1) is 9.46. The Morgan fingerprint density at radius 3 is 2.20 bits per heavy atom. The van der Waals surface area contributed by atoms with E-state index in [2.05, 4.69) is 32.9 Å². The smallest absolute Gasteiger partial charge is 0.161 e. The molecule has 2 aliphatic rings. The average molecular weight is 275 g/mol. The Kier molecular flexibility index (Phi) is 3.20. The molecule has 0 unspecified atom stereocenters. The van der Waals surface area contributed by atoms with Crippen LogP contribution in [0.1, 0.15) is 44.2 Å². The second-order valence-corrected chi connectivity index (χ2v) is 7.19. The van der Waals surface area contributed by atoms with Crippen molar-refractivity contribution in [3.63, 3.8) is 0 Å². The monoisotopic (exact) mass is 275 g/mol. The molecule has 0 atom stereocenters. The summed E-state index contributed by atoms with van der Waals surface area (Å²) < 4.78 is 11.9. The van der Waals surface area contributed by atoms with E-state index in [1.54, 1.807) is 0 Å². The number of hydrogen-bond acceptors (Lipinski definition) is 3. The Balaban J connectivity index is 1.98. The molecule has 0 spiro atoms. The summed E-state index contributed by atoms with van der Waals surface area (Å²) in [4.78, 5) is 0. The van der Waals surface area contributed by atoms with Gasteiger partial charge in [-0.2, -0.15) is 0 Å². The highest BCUT2D eigenvalue weighted by atomic mass is 16.5. The van der Waals surface area contributed by atoms with Crippen molar-refractivity contribution < 1.29 is 9.47 Å². The maximum Gasteiger partial charge on any atom is 0.161 e. The van der Waals surface area contributed by atoms with Gasteiger partial charge in [0.15, 0.2) is 11.5 Å². The molecule has 3 rings (SSSR count). The average Bonchev–Trinajstić information content (AvgIpc) is 2.49. The third-order valence-electron chi connectivity index (χ3n) is 4.80. The van der Waals surface area contributed by atoms with Crippen LogP contribution in [-0.2, 0) is 5.41 Å². The van der Waals surface area contributed by atoms with E-state index in [-0.39, 0.29) is 10.8 Å². The lowest BCUT2D eigenvalue weighted by Crippen LogP contribution is -2.42. The minimum atomic E-state index is 0.0507. The first kappa shape index (κ1) is 13.7. The van der Waals surface area contributed by atoms with Gasteiger partial charge in [0.25, 0.3) is 0 Å². The summed E-state index contributed by atoms with van der Waals surface area (Å²) in [6, 6.07) is 4.31. The van der Waals surface area contributed by atoms with Crippen LogP contribution in [-0.4, -0.2) is 19.8 Å². The van der Waals surface area contributed by atoms with Gasteiger partial charge in [-0.05, 0) is 43.0 Å². The van der Waals surface area contributed by atoms with Crippen LogP contribution in [0.25, 0.3) is 0 Å². The molecule has 1 heterocycles. The van der Waals surface area contributed by atoms with Gasteiger partial charge in [0.1, 0.15) is 0 Å². The first-order valence-corrected chi connectivity index (χ1v) is 7.57. The standard InChI is InChI=1S/C17H25NO2/c1-12-7-14-15(20-11-16(2,3)10-19-14)8-13(12)17(9-18)5-4-6-17/h7-8H,4-6,9-11,18H2,1-3H3. The molecular weight excluding hydrogens is 250 g/mol. The van der Waals surface area contributed by atoms with Crippen molar-refractivity contribution in [2.24, 2.45) is 11.1 Å². The summed E-state index contributed by atoms with van der Waals surface area (Å²) in [7, 11) is 0. The quantitative estimate of drug-likeness (QED) is 0.901. The Hall–Kier alpha value is -1.22. The molecule has 0 saturated heterocycles. The van der Waals surface area contributed by atoms with Gasteiger partial charge in [0, 0.05) is 17.4 Å². The van der Waals surface area contributed by atoms with Crippen molar-refractivity contribution in [1.82, 2.24) is 0 Å². The Morgan fingerprint density at radius 2 is 1.70 bits per heavy atom. The maximum atomic E-state index is 6.05. The van der Waals surface area contributed by atoms with E-state index in [4.69, 9.17) is 15.2 Å². The summed E-state index contributed by atoms with van der Waals surface area (Å²) >= 11 is 0. The van der Waals surface area contributed by atoms with E-state index in [0.717, 1.165) is 18.0 Å². The lowest BCUT2D eigenvalue weighted by Gasteiger charge is -2.42. The molecule has 20 heavy (non-hydrogen) atoms. The van der Waals surface area contributed by atoms with E-state index in [9.17, 15) is 0 Å². The predicted octanol–water partition coefficient (Wildman–Crippen LogP) is 3.17. The van der Waals surface area contributed by atoms with Gasteiger partial charge in [-0.3, -0.25) is 0 Å². The van der Waals surface area contributed by atoms with Gasteiger partial charge in [0.05, 0.1) is 13.2 Å². The number of benzene rings is 1. The third-order valence-corrected chi connectivity index (χ3v) is 4.80. The second kappa shape index (κ2) is 4.66. The fraction of sp³-hybridized carbons (Fsp3) is 0.647. The third kappa shape index (κ3) is 2.18. The number of aryl methyl sites for hydroxylation is 1. The highest BCUT2D eigenvalue weighted by Gasteiger charge is 2.39. The van der Waals surface area contributed by atoms with Crippen LogP contribution in [0, 0.1) is 12.3 Å². The highest BCUT2D eigenvalue weighted by molar-refractivity contribution is 5.50. The van der Waals surface area contributed by atoms with E-state index >= 15 is 0 Å². The predicted molar refractivity (Wildman–Crippen MR) is 80.5 cm³/mol. The molecule has 3 nitrogen and oxygen atoms in total. The van der Waals surface area contributed by atoms with Crippen molar-refractivity contribution in [3.05, 3.63) is 23.3 Å². The molecular formula is C17H25NO2. The van der Waals surface area contributed by atoms with Gasteiger partial charge in [-0.15, -0.1) is 0 Å². The summed E-state index contributed by atoms with van der Waals surface area (Å²) in [5, 5.41) is 0. The normalized spacial score (nSPS) is 22.8. The number of nitrogens with two attached hydrogens (primary N) is 1. The largest absolute Gasteiger partial charge is 0.489 e. The lowest BCUT2D eigenvalue weighted by atomic mass is 9.63. The van der Waals surface area contributed by atoms with E-state index in [1.807, 2.05) is 0 Å². The van der Waals surface area contributed by atoms with Gasteiger partial charge in [-0.25, -0.2) is 0 Å². The molecule has 1 fully saturated rings. The van der Waals surface area contributed by atoms with E-state index in [0.29, 0.717) is 13.2 Å². The summed E-state index contributed by atoms with van der Waals surface area (Å²) in [6.45, 7) is 8.60. The molecule has 1 aliphatic heterocycles. The Morgan fingerprint density at radius 1 is 1.10 bits per heavy atom. The minimum absolute atomic E-state index is 0.0507. The van der Waals surface area contributed by atoms with Gasteiger partial charge in [-0.1, -0.05) is 20.3 Å². The molecule has 0 bridgehead atoms. The van der Waals surface area contributed by atoms with Gasteiger partial charge >= 0.3 is 0 Å². The fourth-order valence-corrected chi connectivity index (χ4v) is 3.23. The van der Waals surface area contributed by atoms with Crippen LogP contribution in [0.15, 0.2) is 12.1 Å². The van der Waals surface area contributed by atoms with E-state index in [1.165, 1.54) is 30.4 Å². The molecule has 3 heteroatoms. The van der Waals surface area contributed by atoms with Crippen molar-refractivity contribution in [1.29, 1.82) is 0 Å². The van der Waals surface area contributed by atoms with Gasteiger partial charge in [0.2, 0.25) is 0 Å². The Labute approximate surface area is 121 Å². The molecule has 1 saturated carbocycles. The minimum Gasteiger partial charge on any atom is -0.489 e. The van der Waals surface area contributed by atoms with Crippen molar-refractivity contribution >= 4 is 0 Å². The number of ether oxygens (including phenoxy) is 2. The summed E-state index contributed by atoms with van der Waals surface area (Å²) in [6.07, 6.45) is 3.66.